The van der Waals surface area contributed by atoms with E-state index < -0.39 is 11.9 Å². The second-order valence-corrected chi connectivity index (χ2v) is 15.6. The highest BCUT2D eigenvalue weighted by Gasteiger charge is 2.39. The third-order valence-electron chi connectivity index (χ3n) is 11.4. The fourth-order valence-electron chi connectivity index (χ4n) is 8.15. The summed E-state index contributed by atoms with van der Waals surface area (Å²) in [7, 11) is 0. The lowest BCUT2D eigenvalue weighted by atomic mass is 9.88. The maximum atomic E-state index is 13.1. The van der Waals surface area contributed by atoms with E-state index in [-0.39, 0.29) is 24.1 Å². The molecule has 2 saturated heterocycles. The Morgan fingerprint density at radius 2 is 1.43 bits per heavy atom. The maximum Gasteiger partial charge on any atom is 0.255 e. The summed E-state index contributed by atoms with van der Waals surface area (Å²) in [4.78, 5) is 55.7. The number of nitrogens with one attached hydrogen (secondary N) is 2. The van der Waals surface area contributed by atoms with Crippen LogP contribution in [0, 0.1) is 0 Å². The molecule has 0 aliphatic carbocycles. The number of imide groups is 1. The lowest BCUT2D eigenvalue weighted by molar-refractivity contribution is -0.137. The third kappa shape index (κ3) is 11.4. The molecule has 13 heteroatoms. The summed E-state index contributed by atoms with van der Waals surface area (Å²) in [6.07, 6.45) is 1.62. The van der Waals surface area contributed by atoms with Gasteiger partial charge in [0.05, 0.1) is 32.8 Å². The van der Waals surface area contributed by atoms with E-state index >= 15 is 0 Å². The zero-order chi connectivity index (χ0) is 42.4. The van der Waals surface area contributed by atoms with Crippen LogP contribution in [0.3, 0.4) is 0 Å². The Morgan fingerprint density at radius 1 is 0.738 bits per heavy atom. The van der Waals surface area contributed by atoms with Gasteiger partial charge in [0.2, 0.25) is 17.7 Å². The zero-order valence-corrected chi connectivity index (χ0v) is 35.2. The standard InChI is InChI=1S/C48H54ClN5O7/c49-22-20-39(35-8-3-1-4-9-35)46(36-10-5-2-6-11-36)37-14-16-38(17-15-37)61-31-28-52-24-26-53(27-25-52)45(56)21-29-59-32-33-60-30-23-50-42-13-7-12-40-41(42)34-54(48(40)58)43-18-19-44(55)51-47(43)57/h1-17,43,50H,18-34H2,(H,51,55,57)/b46-39-. The Kier molecular flexibility index (Phi) is 15.6. The minimum atomic E-state index is -0.650. The van der Waals surface area contributed by atoms with Gasteiger partial charge in [-0.1, -0.05) is 78.9 Å². The fraction of sp³-hybridized carbons (Fsp3) is 0.375. The van der Waals surface area contributed by atoms with E-state index in [1.807, 2.05) is 41.3 Å². The van der Waals surface area contributed by atoms with Gasteiger partial charge in [0.1, 0.15) is 18.4 Å². The predicted octanol–water partition coefficient (Wildman–Crippen LogP) is 6.09. The lowest BCUT2D eigenvalue weighted by Crippen LogP contribution is -2.52. The summed E-state index contributed by atoms with van der Waals surface area (Å²) in [6, 6.07) is 34.0. The minimum absolute atomic E-state index is 0.0940. The van der Waals surface area contributed by atoms with Crippen molar-refractivity contribution >= 4 is 52.1 Å². The van der Waals surface area contributed by atoms with E-state index in [0.717, 1.165) is 54.2 Å². The van der Waals surface area contributed by atoms with Gasteiger partial charge in [-0.3, -0.25) is 29.4 Å². The average molecular weight is 848 g/mol. The number of alkyl halides is 1. The molecule has 4 amide bonds. The Hall–Kier alpha value is -5.53. The van der Waals surface area contributed by atoms with E-state index in [1.54, 1.807) is 11.0 Å². The molecule has 4 aromatic carbocycles. The van der Waals surface area contributed by atoms with Crippen molar-refractivity contribution in [3.63, 3.8) is 0 Å². The smallest absolute Gasteiger partial charge is 0.255 e. The van der Waals surface area contributed by atoms with E-state index in [0.29, 0.717) is 83.5 Å². The van der Waals surface area contributed by atoms with Crippen LogP contribution in [0.1, 0.15) is 58.3 Å². The Bertz CT molecular complexity index is 2140. The number of halogens is 1. The fourth-order valence-corrected chi connectivity index (χ4v) is 8.34. The van der Waals surface area contributed by atoms with Gasteiger partial charge in [-0.05, 0) is 64.9 Å². The molecule has 3 heterocycles. The van der Waals surface area contributed by atoms with Gasteiger partial charge in [-0.2, -0.15) is 0 Å². The number of benzene rings is 4. The number of amides is 4. The second kappa shape index (κ2) is 21.8. The molecule has 4 aromatic rings. The number of hydrogen-bond donors (Lipinski definition) is 2. The van der Waals surface area contributed by atoms with Crippen molar-refractivity contribution in [1.29, 1.82) is 0 Å². The highest BCUT2D eigenvalue weighted by molar-refractivity contribution is 6.18. The quantitative estimate of drug-likeness (QED) is 0.0470. The molecule has 0 aromatic heterocycles. The van der Waals surface area contributed by atoms with Crippen molar-refractivity contribution in [3.8, 4) is 5.75 Å². The molecule has 2 fully saturated rings. The summed E-state index contributed by atoms with van der Waals surface area (Å²) >= 11 is 6.32. The Morgan fingerprint density at radius 3 is 2.13 bits per heavy atom. The van der Waals surface area contributed by atoms with Crippen LogP contribution in [-0.2, 0) is 30.4 Å². The van der Waals surface area contributed by atoms with Crippen molar-refractivity contribution in [2.45, 2.75) is 38.3 Å². The van der Waals surface area contributed by atoms with Gasteiger partial charge in [0, 0.05) is 74.9 Å². The van der Waals surface area contributed by atoms with Crippen LogP contribution in [0.2, 0.25) is 0 Å². The summed E-state index contributed by atoms with van der Waals surface area (Å²) in [5, 5.41) is 5.68. The summed E-state index contributed by atoms with van der Waals surface area (Å²) in [5.74, 6) is 0.507. The topological polar surface area (TPSA) is 130 Å². The predicted molar refractivity (Wildman–Crippen MR) is 236 cm³/mol. The molecule has 0 saturated carbocycles. The van der Waals surface area contributed by atoms with E-state index in [4.69, 9.17) is 25.8 Å². The number of piperazine rings is 1. The van der Waals surface area contributed by atoms with Crippen molar-refractivity contribution in [1.82, 2.24) is 20.0 Å². The van der Waals surface area contributed by atoms with Crippen LogP contribution in [-0.4, -0.2) is 123 Å². The van der Waals surface area contributed by atoms with Crippen molar-refractivity contribution in [2.75, 3.05) is 83.5 Å². The largest absolute Gasteiger partial charge is 0.492 e. The molecular weight excluding hydrogens is 794 g/mol. The molecule has 0 radical (unpaired) electrons. The summed E-state index contributed by atoms with van der Waals surface area (Å²) in [5.41, 5.74) is 8.03. The number of hydrogen-bond acceptors (Lipinski definition) is 9. The average Bonchev–Trinajstić information content (AvgIpc) is 3.63. The molecule has 3 aliphatic heterocycles. The first-order valence-electron chi connectivity index (χ1n) is 21.2. The van der Waals surface area contributed by atoms with Crippen LogP contribution in [0.4, 0.5) is 5.69 Å². The molecule has 7 rings (SSSR count). The Labute approximate surface area is 362 Å². The molecule has 12 nitrogen and oxygen atoms in total. The highest BCUT2D eigenvalue weighted by atomic mass is 35.5. The first-order valence-corrected chi connectivity index (χ1v) is 21.7. The molecule has 61 heavy (non-hydrogen) atoms. The number of carbonyl (C=O) groups is 4. The number of nitrogens with zero attached hydrogens (tertiary/aromatic N) is 3. The molecule has 2 N–H and O–H groups in total. The number of fused-ring (bicyclic) bond motifs is 1. The maximum absolute atomic E-state index is 13.1. The van der Waals surface area contributed by atoms with Crippen LogP contribution in [0.15, 0.2) is 103 Å². The van der Waals surface area contributed by atoms with Crippen LogP contribution in [0.5, 0.6) is 5.75 Å². The lowest BCUT2D eigenvalue weighted by Gasteiger charge is -2.34. The van der Waals surface area contributed by atoms with Gasteiger partial charge in [-0.15, -0.1) is 11.6 Å². The molecule has 320 valence electrons. The Balaban J connectivity index is 0.759. The first kappa shape index (κ1) is 43.6. The SMILES string of the molecule is O=C1CCC(N2Cc3c(NCCOCCOCCC(=O)N4CCN(CCOc5ccc(/C(=C(/CCCl)c6ccccc6)c6ccccc6)cc5)CC4)cccc3C2=O)C(=O)N1. The van der Waals surface area contributed by atoms with Crippen molar-refractivity contribution < 1.29 is 33.4 Å². The molecule has 3 aliphatic rings. The number of ether oxygens (including phenoxy) is 3. The van der Waals surface area contributed by atoms with Crippen LogP contribution in [0.25, 0.3) is 11.1 Å². The second-order valence-electron chi connectivity index (χ2n) is 15.3. The monoisotopic (exact) mass is 847 g/mol. The molecule has 1 unspecified atom stereocenters. The zero-order valence-electron chi connectivity index (χ0n) is 34.5. The van der Waals surface area contributed by atoms with Crippen LogP contribution < -0.4 is 15.4 Å². The number of anilines is 1. The molecule has 1 atom stereocenters. The van der Waals surface area contributed by atoms with Gasteiger partial charge in [0.25, 0.3) is 5.91 Å². The van der Waals surface area contributed by atoms with E-state index in [2.05, 4.69) is 76.2 Å². The summed E-state index contributed by atoms with van der Waals surface area (Å²) < 4.78 is 17.6. The third-order valence-corrected chi connectivity index (χ3v) is 11.5. The minimum Gasteiger partial charge on any atom is -0.492 e. The van der Waals surface area contributed by atoms with Gasteiger partial charge >= 0.3 is 0 Å². The van der Waals surface area contributed by atoms with Gasteiger partial charge < -0.3 is 29.3 Å². The van der Waals surface area contributed by atoms with Crippen molar-refractivity contribution in [2.24, 2.45) is 0 Å². The number of allylic oxidation sites excluding steroid dienone is 1. The van der Waals surface area contributed by atoms with Gasteiger partial charge in [0.15, 0.2) is 0 Å². The summed E-state index contributed by atoms with van der Waals surface area (Å²) in [6.45, 7) is 6.66. The molecule has 0 spiro atoms. The van der Waals surface area contributed by atoms with Crippen LogP contribution >= 0.6 is 11.6 Å². The number of piperidine rings is 1. The molecular formula is C48H54ClN5O7. The van der Waals surface area contributed by atoms with Gasteiger partial charge in [-0.25, -0.2) is 0 Å². The normalized spacial score (nSPS) is 17.2. The number of carbonyl (C=O) groups excluding carboxylic acids is 4. The first-order chi connectivity index (χ1) is 29.9. The highest BCUT2D eigenvalue weighted by Crippen LogP contribution is 2.36. The molecule has 0 bridgehead atoms. The van der Waals surface area contributed by atoms with E-state index in [1.165, 1.54) is 16.7 Å². The number of rotatable bonds is 20. The van der Waals surface area contributed by atoms with Crippen molar-refractivity contribution in [3.05, 3.63) is 131 Å². The van der Waals surface area contributed by atoms with E-state index in [9.17, 15) is 19.2 Å².